The van der Waals surface area contributed by atoms with E-state index < -0.39 is 5.97 Å². The van der Waals surface area contributed by atoms with Crippen molar-refractivity contribution in [1.29, 1.82) is 0 Å². The van der Waals surface area contributed by atoms with E-state index in [1.54, 1.807) is 12.1 Å². The number of carbonyl (C=O) groups is 1. The number of phenolic OH excluding ortho intramolecular Hbond substituents is 1. The topological polar surface area (TPSA) is 57.5 Å². The van der Waals surface area contributed by atoms with E-state index in [0.29, 0.717) is 11.1 Å². The first-order chi connectivity index (χ1) is 6.09. The maximum absolute atomic E-state index is 10.3. The van der Waals surface area contributed by atoms with Crippen molar-refractivity contribution in [3.63, 3.8) is 0 Å². The fourth-order valence-corrected chi connectivity index (χ4v) is 1.01. The van der Waals surface area contributed by atoms with E-state index in [9.17, 15) is 4.79 Å². The van der Waals surface area contributed by atoms with E-state index in [1.165, 1.54) is 12.1 Å². The highest BCUT2D eigenvalue weighted by atomic mass is 16.4. The lowest BCUT2D eigenvalue weighted by Gasteiger charge is -2.02. The minimum atomic E-state index is -0.923. The zero-order valence-electron chi connectivity index (χ0n) is 7.03. The van der Waals surface area contributed by atoms with Crippen molar-refractivity contribution in [3.05, 3.63) is 36.4 Å². The zero-order valence-corrected chi connectivity index (χ0v) is 7.03. The predicted molar refractivity (Wildman–Crippen MR) is 49.4 cm³/mol. The summed E-state index contributed by atoms with van der Waals surface area (Å²) in [6.07, 6.45) is -0.108. The summed E-state index contributed by atoms with van der Waals surface area (Å²) in [7, 11) is 0. The Bertz CT molecular complexity index is 342. The average Bonchev–Trinajstić information content (AvgIpc) is 2.03. The van der Waals surface area contributed by atoms with Crippen LogP contribution in [0, 0.1) is 0 Å². The number of hydrogen-bond donors (Lipinski definition) is 2. The van der Waals surface area contributed by atoms with Gasteiger partial charge in [-0.1, -0.05) is 18.7 Å². The Morgan fingerprint density at radius 2 is 2.15 bits per heavy atom. The third kappa shape index (κ3) is 2.63. The Labute approximate surface area is 76.0 Å². The minimum absolute atomic E-state index is 0.108. The van der Waals surface area contributed by atoms with Gasteiger partial charge in [0.25, 0.3) is 0 Å². The third-order valence-corrected chi connectivity index (χ3v) is 1.62. The molecule has 0 fully saturated rings. The molecule has 0 spiro atoms. The normalized spacial score (nSPS) is 9.54. The van der Waals surface area contributed by atoms with Crippen LogP contribution in [0.2, 0.25) is 0 Å². The van der Waals surface area contributed by atoms with E-state index in [4.69, 9.17) is 10.2 Å². The predicted octanol–water partition coefficient (Wildman–Crippen LogP) is 1.88. The second-order valence-electron chi connectivity index (χ2n) is 2.72. The first kappa shape index (κ1) is 9.32. The molecule has 68 valence electrons. The lowest BCUT2D eigenvalue weighted by Crippen LogP contribution is -1.95. The van der Waals surface area contributed by atoms with Crippen molar-refractivity contribution < 1.29 is 15.0 Å². The van der Waals surface area contributed by atoms with Crippen LogP contribution >= 0.6 is 0 Å². The monoisotopic (exact) mass is 178 g/mol. The van der Waals surface area contributed by atoms with Crippen LogP contribution in [0.25, 0.3) is 5.57 Å². The Kier molecular flexibility index (Phi) is 2.69. The fraction of sp³-hybridized carbons (Fsp3) is 0.100. The summed E-state index contributed by atoms with van der Waals surface area (Å²) >= 11 is 0. The second kappa shape index (κ2) is 3.76. The smallest absolute Gasteiger partial charge is 0.307 e. The van der Waals surface area contributed by atoms with Gasteiger partial charge in [0, 0.05) is 0 Å². The first-order valence-corrected chi connectivity index (χ1v) is 3.78. The van der Waals surface area contributed by atoms with Gasteiger partial charge in [0.2, 0.25) is 0 Å². The number of benzene rings is 1. The highest BCUT2D eigenvalue weighted by Crippen LogP contribution is 2.19. The summed E-state index contributed by atoms with van der Waals surface area (Å²) in [5.74, 6) is -0.808. The molecule has 0 aliphatic heterocycles. The number of phenols is 1. The minimum Gasteiger partial charge on any atom is -0.508 e. The maximum atomic E-state index is 10.3. The van der Waals surface area contributed by atoms with Crippen molar-refractivity contribution in [1.82, 2.24) is 0 Å². The molecule has 0 saturated heterocycles. The van der Waals surface area contributed by atoms with Crippen LogP contribution in [0.4, 0.5) is 0 Å². The summed E-state index contributed by atoms with van der Waals surface area (Å²) in [5.41, 5.74) is 1.14. The van der Waals surface area contributed by atoms with E-state index in [-0.39, 0.29) is 12.2 Å². The van der Waals surface area contributed by atoms with Gasteiger partial charge in [0.1, 0.15) is 5.75 Å². The van der Waals surface area contributed by atoms with Crippen molar-refractivity contribution in [2.24, 2.45) is 0 Å². The molecule has 0 aliphatic carbocycles. The average molecular weight is 178 g/mol. The largest absolute Gasteiger partial charge is 0.508 e. The lowest BCUT2D eigenvalue weighted by atomic mass is 10.0. The maximum Gasteiger partial charge on any atom is 0.307 e. The number of hydrogen-bond acceptors (Lipinski definition) is 2. The Morgan fingerprint density at radius 3 is 2.69 bits per heavy atom. The van der Waals surface area contributed by atoms with E-state index in [0.717, 1.165) is 0 Å². The van der Waals surface area contributed by atoms with Gasteiger partial charge in [0.05, 0.1) is 6.42 Å². The molecule has 2 N–H and O–H groups in total. The summed E-state index contributed by atoms with van der Waals surface area (Å²) in [5, 5.41) is 17.6. The molecule has 0 unspecified atom stereocenters. The number of carboxylic acids is 1. The van der Waals surface area contributed by atoms with Gasteiger partial charge in [-0.25, -0.2) is 0 Å². The standard InChI is InChI=1S/C10H10O3/c1-7(5-10(12)13)8-3-2-4-9(11)6-8/h2-4,6,11H,1,5H2,(H,12,13). The molecule has 0 heterocycles. The molecule has 0 aromatic heterocycles. The molecular formula is C10H10O3. The molecular weight excluding hydrogens is 168 g/mol. The van der Waals surface area contributed by atoms with Crippen LogP contribution < -0.4 is 0 Å². The van der Waals surface area contributed by atoms with Gasteiger partial charge in [-0.15, -0.1) is 0 Å². The first-order valence-electron chi connectivity index (χ1n) is 3.78. The fourth-order valence-electron chi connectivity index (χ4n) is 1.01. The molecule has 0 amide bonds. The molecule has 0 atom stereocenters. The van der Waals surface area contributed by atoms with Crippen molar-refractivity contribution >= 4 is 11.5 Å². The summed E-state index contributed by atoms with van der Waals surface area (Å²) in [6.45, 7) is 3.61. The van der Waals surface area contributed by atoms with Gasteiger partial charge in [-0.3, -0.25) is 4.79 Å². The number of aliphatic carboxylic acids is 1. The zero-order chi connectivity index (χ0) is 9.84. The number of carboxylic acid groups (broad SMARTS) is 1. The Balaban J connectivity index is 2.83. The second-order valence-corrected chi connectivity index (χ2v) is 2.72. The Hall–Kier alpha value is -1.77. The molecule has 3 nitrogen and oxygen atoms in total. The SMILES string of the molecule is C=C(CC(=O)O)c1cccc(O)c1. The molecule has 0 bridgehead atoms. The van der Waals surface area contributed by atoms with Gasteiger partial charge < -0.3 is 10.2 Å². The molecule has 1 aromatic rings. The Morgan fingerprint density at radius 1 is 1.46 bits per heavy atom. The van der Waals surface area contributed by atoms with Crippen molar-refractivity contribution in [3.8, 4) is 5.75 Å². The molecule has 1 rings (SSSR count). The molecule has 0 radical (unpaired) electrons. The van der Waals surface area contributed by atoms with Crippen LogP contribution in [-0.2, 0) is 4.79 Å². The summed E-state index contributed by atoms with van der Waals surface area (Å²) in [6, 6.07) is 6.38. The van der Waals surface area contributed by atoms with Crippen molar-refractivity contribution in [2.45, 2.75) is 6.42 Å². The van der Waals surface area contributed by atoms with E-state index >= 15 is 0 Å². The third-order valence-electron chi connectivity index (χ3n) is 1.62. The lowest BCUT2D eigenvalue weighted by molar-refractivity contribution is -0.135. The quantitative estimate of drug-likeness (QED) is 0.742. The van der Waals surface area contributed by atoms with Gasteiger partial charge >= 0.3 is 5.97 Å². The van der Waals surface area contributed by atoms with Crippen LogP contribution in [0.15, 0.2) is 30.8 Å². The number of rotatable bonds is 3. The summed E-state index contributed by atoms with van der Waals surface area (Å²) in [4.78, 5) is 10.3. The molecule has 13 heavy (non-hydrogen) atoms. The molecule has 1 aromatic carbocycles. The van der Waals surface area contributed by atoms with Gasteiger partial charge in [-0.05, 0) is 23.3 Å². The molecule has 0 saturated carbocycles. The van der Waals surface area contributed by atoms with Crippen LogP contribution in [0.5, 0.6) is 5.75 Å². The highest BCUT2D eigenvalue weighted by molar-refractivity contribution is 5.83. The highest BCUT2D eigenvalue weighted by Gasteiger charge is 2.04. The van der Waals surface area contributed by atoms with E-state index in [1.807, 2.05) is 0 Å². The molecule has 0 aliphatic rings. The number of aromatic hydroxyl groups is 1. The van der Waals surface area contributed by atoms with E-state index in [2.05, 4.69) is 6.58 Å². The van der Waals surface area contributed by atoms with Crippen molar-refractivity contribution in [2.75, 3.05) is 0 Å². The van der Waals surface area contributed by atoms with Crippen LogP contribution in [0.1, 0.15) is 12.0 Å². The van der Waals surface area contributed by atoms with Crippen LogP contribution in [0.3, 0.4) is 0 Å². The molecule has 3 heteroatoms. The van der Waals surface area contributed by atoms with Gasteiger partial charge in [-0.2, -0.15) is 0 Å². The summed E-state index contributed by atoms with van der Waals surface area (Å²) < 4.78 is 0. The van der Waals surface area contributed by atoms with Crippen LogP contribution in [-0.4, -0.2) is 16.2 Å². The van der Waals surface area contributed by atoms with Gasteiger partial charge in [0.15, 0.2) is 0 Å².